The number of carboxylic acids is 1. The SMILES string of the molecule is COC(=O)c1cnccc1CCC(=O)O. The summed E-state index contributed by atoms with van der Waals surface area (Å²) in [5.41, 5.74) is 0.959. The molecule has 0 saturated heterocycles. The van der Waals surface area contributed by atoms with Crippen LogP contribution >= 0.6 is 0 Å². The van der Waals surface area contributed by atoms with Crippen molar-refractivity contribution >= 4 is 11.9 Å². The van der Waals surface area contributed by atoms with Crippen LogP contribution in [0.1, 0.15) is 22.3 Å². The van der Waals surface area contributed by atoms with Gasteiger partial charge < -0.3 is 9.84 Å². The highest BCUT2D eigenvalue weighted by Crippen LogP contribution is 2.10. The maximum Gasteiger partial charge on any atom is 0.339 e. The van der Waals surface area contributed by atoms with E-state index in [-0.39, 0.29) is 6.42 Å². The first-order chi connectivity index (χ1) is 7.15. The molecule has 15 heavy (non-hydrogen) atoms. The summed E-state index contributed by atoms with van der Waals surface area (Å²) in [6.45, 7) is 0. The molecule has 1 N–H and O–H groups in total. The zero-order valence-electron chi connectivity index (χ0n) is 8.27. The molecule has 0 aliphatic heterocycles. The predicted octanol–water partition coefficient (Wildman–Crippen LogP) is 0.885. The standard InChI is InChI=1S/C10H11NO4/c1-15-10(14)8-6-11-5-4-7(8)2-3-9(12)13/h4-6H,2-3H2,1H3,(H,12,13). The van der Waals surface area contributed by atoms with Gasteiger partial charge in [-0.2, -0.15) is 0 Å². The highest BCUT2D eigenvalue weighted by atomic mass is 16.5. The fraction of sp³-hybridized carbons (Fsp3) is 0.300. The van der Waals surface area contributed by atoms with Crippen LogP contribution in [0.15, 0.2) is 18.5 Å². The molecule has 0 bridgehead atoms. The first-order valence-corrected chi connectivity index (χ1v) is 4.38. The number of pyridine rings is 1. The first kappa shape index (κ1) is 11.2. The number of carboxylic acid groups (broad SMARTS) is 1. The van der Waals surface area contributed by atoms with Crippen LogP contribution in [0.2, 0.25) is 0 Å². The molecule has 1 heterocycles. The molecule has 0 aromatic carbocycles. The van der Waals surface area contributed by atoms with Crippen molar-refractivity contribution in [2.24, 2.45) is 0 Å². The van der Waals surface area contributed by atoms with Crippen molar-refractivity contribution in [1.29, 1.82) is 0 Å². The number of hydrogen-bond acceptors (Lipinski definition) is 4. The van der Waals surface area contributed by atoms with Gasteiger partial charge >= 0.3 is 11.9 Å². The number of carbonyl (C=O) groups excluding carboxylic acids is 1. The van der Waals surface area contributed by atoms with E-state index in [1.807, 2.05) is 0 Å². The zero-order chi connectivity index (χ0) is 11.3. The summed E-state index contributed by atoms with van der Waals surface area (Å²) in [5.74, 6) is -1.40. The lowest BCUT2D eigenvalue weighted by atomic mass is 10.1. The van der Waals surface area contributed by atoms with E-state index in [4.69, 9.17) is 5.11 Å². The second-order valence-corrected chi connectivity index (χ2v) is 2.92. The van der Waals surface area contributed by atoms with E-state index in [2.05, 4.69) is 9.72 Å². The molecule has 1 aromatic heterocycles. The molecular weight excluding hydrogens is 198 g/mol. The van der Waals surface area contributed by atoms with Gasteiger partial charge in [0, 0.05) is 18.8 Å². The summed E-state index contributed by atoms with van der Waals surface area (Å²) in [7, 11) is 1.27. The minimum Gasteiger partial charge on any atom is -0.481 e. The van der Waals surface area contributed by atoms with E-state index in [0.717, 1.165) is 0 Å². The second kappa shape index (κ2) is 5.09. The molecular formula is C10H11NO4. The van der Waals surface area contributed by atoms with Crippen molar-refractivity contribution in [3.8, 4) is 0 Å². The van der Waals surface area contributed by atoms with Crippen LogP contribution in [0.25, 0.3) is 0 Å². The average Bonchev–Trinajstić information content (AvgIpc) is 2.25. The minimum atomic E-state index is -0.900. The Labute approximate surface area is 86.7 Å². The molecule has 0 fully saturated rings. The van der Waals surface area contributed by atoms with Gasteiger partial charge in [0.05, 0.1) is 12.7 Å². The number of ether oxygens (including phenoxy) is 1. The van der Waals surface area contributed by atoms with Crippen molar-refractivity contribution in [3.05, 3.63) is 29.6 Å². The Morgan fingerprint density at radius 2 is 2.27 bits per heavy atom. The van der Waals surface area contributed by atoms with Crippen LogP contribution in [0.3, 0.4) is 0 Å². The lowest BCUT2D eigenvalue weighted by Gasteiger charge is -2.05. The Balaban J connectivity index is 2.86. The summed E-state index contributed by atoms with van der Waals surface area (Å²) in [6, 6.07) is 1.62. The number of aliphatic carboxylic acids is 1. The monoisotopic (exact) mass is 209 g/mol. The van der Waals surface area contributed by atoms with Gasteiger partial charge in [-0.05, 0) is 18.1 Å². The fourth-order valence-electron chi connectivity index (χ4n) is 1.18. The molecule has 0 amide bonds. The molecule has 0 radical (unpaired) electrons. The minimum absolute atomic E-state index is 0.0198. The third-order valence-electron chi connectivity index (χ3n) is 1.92. The van der Waals surface area contributed by atoms with Crippen molar-refractivity contribution in [2.45, 2.75) is 12.8 Å². The summed E-state index contributed by atoms with van der Waals surface area (Å²) in [5, 5.41) is 8.53. The van der Waals surface area contributed by atoms with E-state index in [0.29, 0.717) is 17.5 Å². The Bertz CT molecular complexity index is 375. The molecule has 0 aliphatic rings. The number of aromatic nitrogens is 1. The molecule has 0 aliphatic carbocycles. The van der Waals surface area contributed by atoms with Crippen LogP contribution in [0.4, 0.5) is 0 Å². The summed E-state index contributed by atoms with van der Waals surface area (Å²) in [6.07, 6.45) is 3.17. The molecule has 1 aromatic rings. The number of esters is 1. The van der Waals surface area contributed by atoms with Crippen LogP contribution in [-0.4, -0.2) is 29.1 Å². The summed E-state index contributed by atoms with van der Waals surface area (Å²) >= 11 is 0. The fourth-order valence-corrected chi connectivity index (χ4v) is 1.18. The Kier molecular flexibility index (Phi) is 3.79. The van der Waals surface area contributed by atoms with Crippen molar-refractivity contribution in [2.75, 3.05) is 7.11 Å². The molecule has 0 saturated carbocycles. The second-order valence-electron chi connectivity index (χ2n) is 2.92. The topological polar surface area (TPSA) is 76.5 Å². The van der Waals surface area contributed by atoms with E-state index in [9.17, 15) is 9.59 Å². The maximum atomic E-state index is 11.3. The Morgan fingerprint density at radius 3 is 2.87 bits per heavy atom. The van der Waals surface area contributed by atoms with Gasteiger partial charge in [0.25, 0.3) is 0 Å². The molecule has 1 rings (SSSR count). The van der Waals surface area contributed by atoms with Crippen molar-refractivity contribution in [1.82, 2.24) is 4.98 Å². The maximum absolute atomic E-state index is 11.3. The van der Waals surface area contributed by atoms with Gasteiger partial charge in [-0.25, -0.2) is 4.79 Å². The van der Waals surface area contributed by atoms with E-state index in [1.165, 1.54) is 19.5 Å². The normalized spacial score (nSPS) is 9.67. The third kappa shape index (κ3) is 3.05. The van der Waals surface area contributed by atoms with Gasteiger partial charge in [0.15, 0.2) is 0 Å². The van der Waals surface area contributed by atoms with E-state index in [1.54, 1.807) is 6.07 Å². The lowest BCUT2D eigenvalue weighted by molar-refractivity contribution is -0.136. The van der Waals surface area contributed by atoms with E-state index >= 15 is 0 Å². The quantitative estimate of drug-likeness (QED) is 0.745. The van der Waals surface area contributed by atoms with Gasteiger partial charge in [0.1, 0.15) is 0 Å². The number of carbonyl (C=O) groups is 2. The van der Waals surface area contributed by atoms with E-state index < -0.39 is 11.9 Å². The Hall–Kier alpha value is -1.91. The largest absolute Gasteiger partial charge is 0.481 e. The number of aryl methyl sites for hydroxylation is 1. The Morgan fingerprint density at radius 1 is 1.53 bits per heavy atom. The third-order valence-corrected chi connectivity index (χ3v) is 1.92. The van der Waals surface area contributed by atoms with Gasteiger partial charge in [-0.3, -0.25) is 9.78 Å². The summed E-state index contributed by atoms with van der Waals surface area (Å²) < 4.78 is 4.56. The highest BCUT2D eigenvalue weighted by Gasteiger charge is 2.12. The van der Waals surface area contributed by atoms with Gasteiger partial charge in [0.2, 0.25) is 0 Å². The number of hydrogen-bond donors (Lipinski definition) is 1. The van der Waals surface area contributed by atoms with Crippen molar-refractivity contribution in [3.63, 3.8) is 0 Å². The van der Waals surface area contributed by atoms with Gasteiger partial charge in [-0.15, -0.1) is 0 Å². The molecule has 0 spiro atoms. The number of methoxy groups -OCH3 is 1. The molecule has 80 valence electrons. The van der Waals surface area contributed by atoms with Crippen LogP contribution in [-0.2, 0) is 16.0 Å². The predicted molar refractivity (Wildman–Crippen MR) is 51.5 cm³/mol. The van der Waals surface area contributed by atoms with Crippen LogP contribution in [0, 0.1) is 0 Å². The molecule has 0 unspecified atom stereocenters. The zero-order valence-corrected chi connectivity index (χ0v) is 8.27. The average molecular weight is 209 g/mol. The van der Waals surface area contributed by atoms with Gasteiger partial charge in [-0.1, -0.05) is 0 Å². The molecule has 5 nitrogen and oxygen atoms in total. The van der Waals surface area contributed by atoms with Crippen molar-refractivity contribution < 1.29 is 19.4 Å². The van der Waals surface area contributed by atoms with Crippen LogP contribution < -0.4 is 0 Å². The first-order valence-electron chi connectivity index (χ1n) is 4.38. The molecule has 0 atom stereocenters. The smallest absolute Gasteiger partial charge is 0.339 e. The molecule has 5 heteroatoms. The highest BCUT2D eigenvalue weighted by molar-refractivity contribution is 5.90. The summed E-state index contributed by atoms with van der Waals surface area (Å²) in [4.78, 5) is 25.5. The van der Waals surface area contributed by atoms with Crippen LogP contribution in [0.5, 0.6) is 0 Å². The number of rotatable bonds is 4. The number of nitrogens with zero attached hydrogens (tertiary/aromatic N) is 1. The lowest BCUT2D eigenvalue weighted by Crippen LogP contribution is -2.08.